The van der Waals surface area contributed by atoms with Gasteiger partial charge in [-0.3, -0.25) is 13.9 Å². The molecule has 120 valence electrons. The van der Waals surface area contributed by atoms with E-state index in [1.54, 1.807) is 0 Å². The number of ketones is 2. The van der Waals surface area contributed by atoms with E-state index in [0.29, 0.717) is 5.02 Å². The van der Waals surface area contributed by atoms with E-state index in [1.807, 2.05) is 0 Å². The molecule has 0 aliphatic heterocycles. The molecule has 0 N–H and O–H groups in total. The fourth-order valence-electron chi connectivity index (χ4n) is 2.15. The zero-order valence-corrected chi connectivity index (χ0v) is 14.1. The van der Waals surface area contributed by atoms with Crippen LogP contribution >= 0.6 is 11.6 Å². The molecule has 0 aromatic heterocycles. The van der Waals surface area contributed by atoms with Crippen LogP contribution in [-0.2, 0) is 14.8 Å². The van der Waals surface area contributed by atoms with E-state index in [0.717, 1.165) is 17.1 Å². The number of Topliss-reactive ketones (excluding diaryl/α,β-unsaturated/α-hetero) is 2. The molecule has 0 heterocycles. The molecule has 22 heavy (non-hydrogen) atoms. The molecule has 1 aliphatic rings. The van der Waals surface area contributed by atoms with E-state index < -0.39 is 10.0 Å². The van der Waals surface area contributed by atoms with Crippen LogP contribution < -0.4 is 4.31 Å². The Morgan fingerprint density at radius 1 is 1.32 bits per heavy atom. The molecule has 0 bridgehead atoms. The molecule has 0 atom stereocenters. The normalized spacial score (nSPS) is 14.7. The van der Waals surface area contributed by atoms with Gasteiger partial charge in [0, 0.05) is 23.6 Å². The number of hydrogen-bond acceptors (Lipinski definition) is 4. The second-order valence-electron chi connectivity index (χ2n) is 5.37. The van der Waals surface area contributed by atoms with Gasteiger partial charge in [0.15, 0.2) is 5.78 Å². The van der Waals surface area contributed by atoms with Gasteiger partial charge >= 0.3 is 0 Å². The first-order valence-electron chi connectivity index (χ1n) is 7.08. The highest BCUT2D eigenvalue weighted by Crippen LogP contribution is 2.32. The highest BCUT2D eigenvalue weighted by atomic mass is 35.5. The van der Waals surface area contributed by atoms with E-state index in [1.165, 1.54) is 32.2 Å². The van der Waals surface area contributed by atoms with Crippen LogP contribution in [0.25, 0.3) is 0 Å². The van der Waals surface area contributed by atoms with Crippen LogP contribution in [0, 0.1) is 5.92 Å². The number of carbonyl (C=O) groups is 2. The predicted octanol–water partition coefficient (Wildman–Crippen LogP) is 2.68. The van der Waals surface area contributed by atoms with Crippen molar-refractivity contribution in [2.75, 3.05) is 17.1 Å². The van der Waals surface area contributed by atoms with Crippen LogP contribution in [0.5, 0.6) is 0 Å². The van der Waals surface area contributed by atoms with Gasteiger partial charge in [-0.25, -0.2) is 8.42 Å². The van der Waals surface area contributed by atoms with Crippen molar-refractivity contribution in [3.63, 3.8) is 0 Å². The van der Waals surface area contributed by atoms with Crippen LogP contribution in [0.3, 0.4) is 0 Å². The number of benzene rings is 1. The molecular weight excluding hydrogens is 326 g/mol. The molecule has 0 saturated heterocycles. The minimum atomic E-state index is -3.52. The number of halogens is 1. The number of anilines is 1. The average molecular weight is 344 g/mol. The van der Waals surface area contributed by atoms with Gasteiger partial charge in [0.05, 0.1) is 17.9 Å². The SMILES string of the molecule is CCS(=O)(=O)N(C)c1cc(Cl)ccc1C(=O)CC(=O)C1CC1. The highest BCUT2D eigenvalue weighted by molar-refractivity contribution is 7.92. The summed E-state index contributed by atoms with van der Waals surface area (Å²) in [7, 11) is -2.14. The van der Waals surface area contributed by atoms with Crippen molar-refractivity contribution in [2.45, 2.75) is 26.2 Å². The maximum atomic E-state index is 12.4. The highest BCUT2D eigenvalue weighted by Gasteiger charge is 2.32. The minimum absolute atomic E-state index is 0.00296. The number of carbonyl (C=O) groups excluding carboxylic acids is 2. The number of nitrogens with zero attached hydrogens (tertiary/aromatic N) is 1. The number of sulfonamides is 1. The summed E-state index contributed by atoms with van der Waals surface area (Å²) in [6, 6.07) is 4.43. The third-order valence-corrected chi connectivity index (χ3v) is 5.74. The Kier molecular flexibility index (Phi) is 4.92. The third kappa shape index (κ3) is 3.67. The fourth-order valence-corrected chi connectivity index (χ4v) is 3.15. The summed E-state index contributed by atoms with van der Waals surface area (Å²) in [6.07, 6.45) is 1.48. The summed E-state index contributed by atoms with van der Waals surface area (Å²) >= 11 is 5.93. The van der Waals surface area contributed by atoms with Gasteiger partial charge < -0.3 is 0 Å². The first-order chi connectivity index (χ1) is 10.3. The summed E-state index contributed by atoms with van der Waals surface area (Å²) in [5.41, 5.74) is 0.417. The molecule has 1 aromatic rings. The summed E-state index contributed by atoms with van der Waals surface area (Å²) in [6.45, 7) is 1.52. The van der Waals surface area contributed by atoms with Crippen molar-refractivity contribution in [3.8, 4) is 0 Å². The first kappa shape index (κ1) is 17.0. The van der Waals surface area contributed by atoms with Gasteiger partial charge in [-0.05, 0) is 38.0 Å². The third-order valence-electron chi connectivity index (χ3n) is 3.75. The van der Waals surface area contributed by atoms with E-state index in [9.17, 15) is 18.0 Å². The van der Waals surface area contributed by atoms with E-state index >= 15 is 0 Å². The standard InChI is InChI=1S/C15H18ClNO4S/c1-3-22(20,21)17(2)13-8-11(16)6-7-12(13)15(19)9-14(18)10-4-5-10/h6-8,10H,3-5,9H2,1-2H3. The lowest BCUT2D eigenvalue weighted by molar-refractivity contribution is -0.119. The summed E-state index contributed by atoms with van der Waals surface area (Å²) in [4.78, 5) is 24.2. The number of rotatable bonds is 7. The van der Waals surface area contributed by atoms with Gasteiger partial charge in [0.25, 0.3) is 0 Å². The molecule has 1 aromatic carbocycles. The molecule has 2 rings (SSSR count). The molecule has 1 aliphatic carbocycles. The Labute approximate surface area is 135 Å². The van der Waals surface area contributed by atoms with E-state index in [2.05, 4.69) is 0 Å². The second kappa shape index (κ2) is 6.38. The summed E-state index contributed by atoms with van der Waals surface area (Å²) in [5.74, 6) is -0.546. The van der Waals surface area contributed by atoms with Crippen LogP contribution in [0.15, 0.2) is 18.2 Å². The van der Waals surface area contributed by atoms with Crippen molar-refractivity contribution < 1.29 is 18.0 Å². The second-order valence-corrected chi connectivity index (χ2v) is 8.10. The van der Waals surface area contributed by atoms with E-state index in [-0.39, 0.29) is 40.9 Å². The topological polar surface area (TPSA) is 71.5 Å². The Hall–Kier alpha value is -1.40. The minimum Gasteiger partial charge on any atom is -0.299 e. The van der Waals surface area contributed by atoms with Crippen molar-refractivity contribution in [3.05, 3.63) is 28.8 Å². The van der Waals surface area contributed by atoms with Crippen molar-refractivity contribution in [2.24, 2.45) is 5.92 Å². The summed E-state index contributed by atoms with van der Waals surface area (Å²) in [5, 5.41) is 0.332. The smallest absolute Gasteiger partial charge is 0.234 e. The Balaban J connectivity index is 2.34. The fraction of sp³-hybridized carbons (Fsp3) is 0.467. The van der Waals surface area contributed by atoms with Gasteiger partial charge in [-0.2, -0.15) is 0 Å². The molecule has 1 saturated carbocycles. The molecule has 1 fully saturated rings. The first-order valence-corrected chi connectivity index (χ1v) is 9.07. The molecule has 5 nitrogen and oxygen atoms in total. The van der Waals surface area contributed by atoms with Gasteiger partial charge in [-0.1, -0.05) is 11.6 Å². The van der Waals surface area contributed by atoms with Gasteiger partial charge in [0.2, 0.25) is 10.0 Å². The maximum Gasteiger partial charge on any atom is 0.234 e. The average Bonchev–Trinajstić information content (AvgIpc) is 3.30. The maximum absolute atomic E-state index is 12.4. The van der Waals surface area contributed by atoms with Crippen molar-refractivity contribution in [1.29, 1.82) is 0 Å². The zero-order chi connectivity index (χ0) is 16.5. The van der Waals surface area contributed by atoms with Crippen molar-refractivity contribution >= 4 is 38.9 Å². The lowest BCUT2D eigenvalue weighted by Gasteiger charge is -2.21. The van der Waals surface area contributed by atoms with Crippen LogP contribution in [0.2, 0.25) is 5.02 Å². The number of hydrogen-bond donors (Lipinski definition) is 0. The van der Waals surface area contributed by atoms with Crippen LogP contribution in [0.4, 0.5) is 5.69 Å². The Bertz CT molecular complexity index is 710. The molecule has 0 radical (unpaired) electrons. The molecule has 0 unspecified atom stereocenters. The quantitative estimate of drug-likeness (QED) is 0.563. The van der Waals surface area contributed by atoms with Crippen LogP contribution in [0.1, 0.15) is 36.5 Å². The molecule has 7 heteroatoms. The summed E-state index contributed by atoms with van der Waals surface area (Å²) < 4.78 is 25.1. The largest absolute Gasteiger partial charge is 0.299 e. The molecule has 0 amide bonds. The zero-order valence-electron chi connectivity index (χ0n) is 12.5. The Morgan fingerprint density at radius 3 is 2.50 bits per heavy atom. The Morgan fingerprint density at radius 2 is 1.95 bits per heavy atom. The van der Waals surface area contributed by atoms with Gasteiger partial charge in [-0.15, -0.1) is 0 Å². The lowest BCUT2D eigenvalue weighted by Crippen LogP contribution is -2.29. The predicted molar refractivity (Wildman–Crippen MR) is 86.0 cm³/mol. The van der Waals surface area contributed by atoms with Crippen molar-refractivity contribution in [1.82, 2.24) is 0 Å². The van der Waals surface area contributed by atoms with Crippen LogP contribution in [-0.4, -0.2) is 32.8 Å². The van der Waals surface area contributed by atoms with Gasteiger partial charge in [0.1, 0.15) is 5.78 Å². The monoisotopic (exact) mass is 343 g/mol. The molecular formula is C15H18ClNO4S. The molecule has 0 spiro atoms. The van der Waals surface area contributed by atoms with E-state index in [4.69, 9.17) is 11.6 Å². The lowest BCUT2D eigenvalue weighted by atomic mass is 10.0.